The molecule has 0 spiro atoms. The van der Waals surface area contributed by atoms with Gasteiger partial charge in [-0.2, -0.15) is 13.2 Å². The molecule has 0 amide bonds. The van der Waals surface area contributed by atoms with Crippen LogP contribution in [0.15, 0.2) is 42.6 Å². The molecule has 0 radical (unpaired) electrons. The minimum Gasteiger partial charge on any atom is -0.382 e. The first kappa shape index (κ1) is 16.6. The van der Waals surface area contributed by atoms with Crippen molar-refractivity contribution in [1.29, 1.82) is 0 Å². The van der Waals surface area contributed by atoms with Crippen LogP contribution in [0.1, 0.15) is 24.0 Å². The fourth-order valence-electron chi connectivity index (χ4n) is 2.96. The van der Waals surface area contributed by atoms with Crippen LogP contribution in [0.5, 0.6) is 0 Å². The minimum atomic E-state index is -4.34. The largest absolute Gasteiger partial charge is 0.417 e. The highest BCUT2D eigenvalue weighted by molar-refractivity contribution is 5.47. The van der Waals surface area contributed by atoms with Crippen molar-refractivity contribution < 1.29 is 13.2 Å². The molecule has 128 valence electrons. The Morgan fingerprint density at radius 2 is 1.88 bits per heavy atom. The number of aryl methyl sites for hydroxylation is 1. The van der Waals surface area contributed by atoms with Crippen LogP contribution in [0.25, 0.3) is 0 Å². The molecule has 1 N–H and O–H groups in total. The number of hydrogen-bond acceptors (Lipinski definition) is 3. The number of halogens is 3. The van der Waals surface area contributed by atoms with Gasteiger partial charge in [0.1, 0.15) is 5.82 Å². The molecule has 0 unspecified atom stereocenters. The van der Waals surface area contributed by atoms with Crippen molar-refractivity contribution in [3.05, 3.63) is 53.7 Å². The number of anilines is 2. The zero-order valence-electron chi connectivity index (χ0n) is 13.5. The summed E-state index contributed by atoms with van der Waals surface area (Å²) in [6.07, 6.45) is -1.57. The number of nitrogens with zero attached hydrogens (tertiary/aromatic N) is 2. The van der Waals surface area contributed by atoms with Gasteiger partial charge in [0.15, 0.2) is 0 Å². The normalized spacial score (nSPS) is 16.2. The topological polar surface area (TPSA) is 28.2 Å². The van der Waals surface area contributed by atoms with Gasteiger partial charge in [-0.3, -0.25) is 0 Å². The maximum atomic E-state index is 12.6. The molecular formula is C18H20F3N3. The Morgan fingerprint density at radius 1 is 1.12 bits per heavy atom. The monoisotopic (exact) mass is 335 g/mol. The Labute approximate surface area is 139 Å². The van der Waals surface area contributed by atoms with Gasteiger partial charge >= 0.3 is 6.18 Å². The maximum Gasteiger partial charge on any atom is 0.417 e. The predicted octanol–water partition coefficient (Wildman–Crippen LogP) is 4.49. The number of pyridine rings is 1. The van der Waals surface area contributed by atoms with Crippen molar-refractivity contribution in [1.82, 2.24) is 4.98 Å². The molecule has 6 heteroatoms. The average molecular weight is 335 g/mol. The summed E-state index contributed by atoms with van der Waals surface area (Å²) < 4.78 is 37.8. The predicted molar refractivity (Wildman–Crippen MR) is 89.3 cm³/mol. The van der Waals surface area contributed by atoms with Crippen LogP contribution < -0.4 is 10.2 Å². The van der Waals surface area contributed by atoms with Crippen LogP contribution in [0.2, 0.25) is 0 Å². The molecule has 0 aliphatic carbocycles. The summed E-state index contributed by atoms with van der Waals surface area (Å²) in [4.78, 5) is 6.01. The van der Waals surface area contributed by atoms with Gasteiger partial charge in [-0.05, 0) is 49.6 Å². The van der Waals surface area contributed by atoms with E-state index in [1.54, 1.807) is 0 Å². The zero-order chi connectivity index (χ0) is 17.2. The Bertz CT molecular complexity index is 675. The van der Waals surface area contributed by atoms with Gasteiger partial charge in [0.25, 0.3) is 0 Å². The molecule has 1 fully saturated rings. The summed E-state index contributed by atoms with van der Waals surface area (Å²) in [5, 5.41) is 3.53. The van der Waals surface area contributed by atoms with E-state index in [4.69, 9.17) is 0 Å². The van der Waals surface area contributed by atoms with Crippen molar-refractivity contribution >= 4 is 11.5 Å². The number of benzene rings is 1. The zero-order valence-corrected chi connectivity index (χ0v) is 13.5. The molecule has 24 heavy (non-hydrogen) atoms. The van der Waals surface area contributed by atoms with Crippen LogP contribution >= 0.6 is 0 Å². The van der Waals surface area contributed by atoms with Gasteiger partial charge in [0, 0.05) is 31.0 Å². The second-order valence-corrected chi connectivity index (χ2v) is 6.18. The van der Waals surface area contributed by atoms with E-state index >= 15 is 0 Å². The van der Waals surface area contributed by atoms with Gasteiger partial charge in [-0.25, -0.2) is 4.98 Å². The third-order valence-electron chi connectivity index (χ3n) is 4.28. The van der Waals surface area contributed by atoms with E-state index in [0.29, 0.717) is 11.9 Å². The third-order valence-corrected chi connectivity index (χ3v) is 4.28. The van der Waals surface area contributed by atoms with Crippen LogP contribution in [-0.4, -0.2) is 24.1 Å². The first-order chi connectivity index (χ1) is 11.4. The number of nitrogens with one attached hydrogen (secondary N) is 1. The van der Waals surface area contributed by atoms with Crippen LogP contribution in [0.4, 0.5) is 24.7 Å². The van der Waals surface area contributed by atoms with Crippen LogP contribution in [-0.2, 0) is 6.18 Å². The van der Waals surface area contributed by atoms with Gasteiger partial charge < -0.3 is 10.2 Å². The van der Waals surface area contributed by atoms with E-state index in [9.17, 15) is 13.2 Å². The van der Waals surface area contributed by atoms with E-state index < -0.39 is 11.7 Å². The molecule has 0 atom stereocenters. The highest BCUT2D eigenvalue weighted by Crippen LogP contribution is 2.30. The molecule has 1 aliphatic heterocycles. The van der Waals surface area contributed by atoms with E-state index in [2.05, 4.69) is 35.4 Å². The number of aromatic nitrogens is 1. The van der Waals surface area contributed by atoms with E-state index in [-0.39, 0.29) is 0 Å². The van der Waals surface area contributed by atoms with Crippen molar-refractivity contribution in [3.63, 3.8) is 0 Å². The molecule has 1 aromatic carbocycles. The fraction of sp³-hybridized carbons (Fsp3) is 0.389. The lowest BCUT2D eigenvalue weighted by atomic mass is 10.0. The van der Waals surface area contributed by atoms with Gasteiger partial charge in [-0.1, -0.05) is 12.1 Å². The highest BCUT2D eigenvalue weighted by atomic mass is 19.4. The number of hydrogen-bond donors (Lipinski definition) is 1. The first-order valence-electron chi connectivity index (χ1n) is 8.03. The Morgan fingerprint density at radius 3 is 2.46 bits per heavy atom. The van der Waals surface area contributed by atoms with Gasteiger partial charge in [-0.15, -0.1) is 0 Å². The lowest BCUT2D eigenvalue weighted by Gasteiger charge is -2.33. The van der Waals surface area contributed by atoms with Gasteiger partial charge in [0.2, 0.25) is 0 Å². The van der Waals surface area contributed by atoms with Crippen LogP contribution in [0.3, 0.4) is 0 Å². The van der Waals surface area contributed by atoms with Crippen molar-refractivity contribution in [2.75, 3.05) is 23.3 Å². The van der Waals surface area contributed by atoms with E-state index in [0.717, 1.165) is 43.9 Å². The number of rotatable bonds is 3. The Hall–Kier alpha value is -2.24. The molecule has 2 aromatic rings. The molecule has 1 saturated heterocycles. The molecule has 2 heterocycles. The summed E-state index contributed by atoms with van der Waals surface area (Å²) in [5.74, 6) is 0.608. The maximum absolute atomic E-state index is 12.6. The minimum absolute atomic E-state index is 0.373. The smallest absolute Gasteiger partial charge is 0.382 e. The second kappa shape index (κ2) is 6.71. The summed E-state index contributed by atoms with van der Waals surface area (Å²) >= 11 is 0. The summed E-state index contributed by atoms with van der Waals surface area (Å²) in [5.41, 5.74) is 1.62. The van der Waals surface area contributed by atoms with Crippen LogP contribution in [0, 0.1) is 6.92 Å². The lowest BCUT2D eigenvalue weighted by Crippen LogP contribution is -2.39. The standard InChI is InChI=1S/C18H20F3N3/c1-13-3-2-4-16(11-13)23-15-7-9-24(10-8-15)17-6-5-14(12-22-17)18(19,20)21/h2-6,11-12,15,23H,7-10H2,1H3. The van der Waals surface area contributed by atoms with Crippen molar-refractivity contribution in [2.45, 2.75) is 32.0 Å². The Balaban J connectivity index is 1.57. The van der Waals surface area contributed by atoms with Crippen molar-refractivity contribution in [2.24, 2.45) is 0 Å². The first-order valence-corrected chi connectivity index (χ1v) is 8.03. The molecule has 3 nitrogen and oxygen atoms in total. The van der Waals surface area contributed by atoms with Gasteiger partial charge in [0.05, 0.1) is 5.56 Å². The molecule has 3 rings (SSSR count). The molecular weight excluding hydrogens is 315 g/mol. The SMILES string of the molecule is Cc1cccc(NC2CCN(c3ccc(C(F)(F)F)cn3)CC2)c1. The summed E-state index contributed by atoms with van der Waals surface area (Å²) in [6.45, 7) is 3.62. The average Bonchev–Trinajstić information content (AvgIpc) is 2.55. The molecule has 1 aromatic heterocycles. The lowest BCUT2D eigenvalue weighted by molar-refractivity contribution is -0.137. The summed E-state index contributed by atoms with van der Waals surface area (Å²) in [7, 11) is 0. The fourth-order valence-corrected chi connectivity index (χ4v) is 2.96. The number of alkyl halides is 3. The van der Waals surface area contributed by atoms with Crippen molar-refractivity contribution in [3.8, 4) is 0 Å². The molecule has 0 saturated carbocycles. The van der Waals surface area contributed by atoms with E-state index in [1.165, 1.54) is 11.6 Å². The number of piperidine rings is 1. The second-order valence-electron chi connectivity index (χ2n) is 6.18. The van der Waals surface area contributed by atoms with E-state index in [1.807, 2.05) is 11.0 Å². The molecule has 0 bridgehead atoms. The third kappa shape index (κ3) is 3.99. The molecule has 1 aliphatic rings. The summed E-state index contributed by atoms with van der Waals surface area (Å²) in [6, 6.07) is 11.2. The Kier molecular flexibility index (Phi) is 4.64. The quantitative estimate of drug-likeness (QED) is 0.896. The highest BCUT2D eigenvalue weighted by Gasteiger charge is 2.31.